The van der Waals surface area contributed by atoms with Gasteiger partial charge in [-0.2, -0.15) is 0 Å². The maximum absolute atomic E-state index is 13.1. The number of carbonyl (C=O) groups is 3. The van der Waals surface area contributed by atoms with Gasteiger partial charge in [0.05, 0.1) is 29.0 Å². The largest absolute Gasteiger partial charge is 0.465 e. The second-order valence-electron chi connectivity index (χ2n) is 7.84. The molecule has 10 nitrogen and oxygen atoms in total. The number of carbonyl (C=O) groups excluding carboxylic acids is 3. The lowest BCUT2D eigenvalue weighted by Gasteiger charge is -2.07. The summed E-state index contributed by atoms with van der Waals surface area (Å²) in [4.78, 5) is 55.9. The molecule has 0 atom stereocenters. The molecule has 0 radical (unpaired) electrons. The molecule has 1 N–H and O–H groups in total. The number of anilines is 1. The van der Waals surface area contributed by atoms with E-state index in [1.165, 1.54) is 41.9 Å². The summed E-state index contributed by atoms with van der Waals surface area (Å²) in [7, 11) is 4.58. The predicted octanol–water partition coefficient (Wildman–Crippen LogP) is 2.99. The van der Waals surface area contributed by atoms with Crippen LogP contribution in [-0.4, -0.2) is 51.4 Å². The normalized spacial score (nSPS) is 15.6. The van der Waals surface area contributed by atoms with Gasteiger partial charge in [-0.3, -0.25) is 24.0 Å². The number of nitrogens with one attached hydrogen (secondary N) is 1. The molecule has 4 rings (SSSR count). The molecule has 1 aliphatic rings. The van der Waals surface area contributed by atoms with Crippen molar-refractivity contribution in [2.45, 2.75) is 6.92 Å². The van der Waals surface area contributed by atoms with Gasteiger partial charge in [0.1, 0.15) is 0 Å². The topological polar surface area (TPSA) is 115 Å². The van der Waals surface area contributed by atoms with E-state index in [4.69, 9.17) is 0 Å². The maximum Gasteiger partial charge on any atom is 0.337 e. The highest BCUT2D eigenvalue weighted by Gasteiger charge is 2.32. The first kappa shape index (κ1) is 24.7. The molecule has 2 aromatic carbocycles. The van der Waals surface area contributed by atoms with Crippen molar-refractivity contribution in [3.05, 3.63) is 87.2 Å². The molecule has 1 aliphatic heterocycles. The molecule has 2 amide bonds. The van der Waals surface area contributed by atoms with Crippen LogP contribution in [0.25, 0.3) is 5.69 Å². The van der Waals surface area contributed by atoms with Crippen molar-refractivity contribution in [2.24, 2.45) is 12.0 Å². The number of amidine groups is 1. The van der Waals surface area contributed by atoms with Crippen LogP contribution >= 0.6 is 11.8 Å². The summed E-state index contributed by atoms with van der Waals surface area (Å²) in [6.45, 7) is 1.78. The quantitative estimate of drug-likeness (QED) is 0.421. The third-order valence-corrected chi connectivity index (χ3v) is 6.63. The number of aromatic nitrogens is 2. The highest BCUT2D eigenvalue weighted by molar-refractivity contribution is 8.18. The van der Waals surface area contributed by atoms with Gasteiger partial charge in [0.25, 0.3) is 11.5 Å². The summed E-state index contributed by atoms with van der Waals surface area (Å²) in [5.41, 5.74) is 2.01. The van der Waals surface area contributed by atoms with E-state index in [0.29, 0.717) is 22.6 Å². The van der Waals surface area contributed by atoms with Gasteiger partial charge >= 0.3 is 5.97 Å². The Bertz CT molecular complexity index is 1470. The van der Waals surface area contributed by atoms with E-state index in [1.54, 1.807) is 30.8 Å². The number of nitrogens with zero attached hydrogens (tertiary/aromatic N) is 4. The fourth-order valence-corrected chi connectivity index (χ4v) is 4.48. The third kappa shape index (κ3) is 4.73. The van der Waals surface area contributed by atoms with Crippen molar-refractivity contribution in [3.8, 4) is 5.69 Å². The highest BCUT2D eigenvalue weighted by atomic mass is 32.2. The Kier molecular flexibility index (Phi) is 6.93. The number of hydrogen-bond donors (Lipinski definition) is 1. The first-order chi connectivity index (χ1) is 17.2. The van der Waals surface area contributed by atoms with E-state index in [0.717, 1.165) is 11.8 Å². The highest BCUT2D eigenvalue weighted by Crippen LogP contribution is 2.32. The fourth-order valence-electron chi connectivity index (χ4n) is 3.54. The summed E-state index contributed by atoms with van der Waals surface area (Å²) in [6, 6.07) is 15.3. The molecule has 0 unspecified atom stereocenters. The lowest BCUT2D eigenvalue weighted by molar-refractivity contribution is -0.121. The van der Waals surface area contributed by atoms with Gasteiger partial charge in [0.15, 0.2) is 10.9 Å². The average Bonchev–Trinajstić information content (AvgIpc) is 3.26. The Morgan fingerprint density at radius 3 is 2.33 bits per heavy atom. The number of methoxy groups -OCH3 is 1. The Hall–Kier alpha value is -4.38. The minimum absolute atomic E-state index is 0.164. The van der Waals surface area contributed by atoms with Crippen molar-refractivity contribution in [1.29, 1.82) is 0 Å². The van der Waals surface area contributed by atoms with Crippen LogP contribution in [0, 0.1) is 6.92 Å². The Morgan fingerprint density at radius 1 is 1.03 bits per heavy atom. The van der Waals surface area contributed by atoms with Crippen LogP contribution in [0.3, 0.4) is 0 Å². The molecule has 11 heteroatoms. The van der Waals surface area contributed by atoms with Crippen LogP contribution in [0.15, 0.2) is 75.4 Å². The number of thioether (sulfide) groups is 1. The van der Waals surface area contributed by atoms with E-state index < -0.39 is 17.8 Å². The molecule has 1 saturated heterocycles. The number of ether oxygens (including phenoxy) is 1. The number of hydrogen-bond acceptors (Lipinski definition) is 7. The molecule has 0 aliphatic carbocycles. The third-order valence-electron chi connectivity index (χ3n) is 5.57. The van der Waals surface area contributed by atoms with E-state index in [-0.39, 0.29) is 21.3 Å². The number of esters is 1. The molecule has 3 aromatic rings. The molecular formula is C25H23N5O5S. The van der Waals surface area contributed by atoms with Crippen LogP contribution in [0.4, 0.5) is 11.4 Å². The molecule has 2 heterocycles. The van der Waals surface area contributed by atoms with Crippen molar-refractivity contribution < 1.29 is 19.1 Å². The van der Waals surface area contributed by atoms with Gasteiger partial charge < -0.3 is 10.1 Å². The first-order valence-electron chi connectivity index (χ1n) is 10.8. The average molecular weight is 506 g/mol. The van der Waals surface area contributed by atoms with E-state index >= 15 is 0 Å². The van der Waals surface area contributed by atoms with Gasteiger partial charge in [-0.1, -0.05) is 18.2 Å². The zero-order chi connectivity index (χ0) is 26.0. The SMILES string of the molecule is COC(=O)c1ccc(NC(=O)/C=C2/SC(=Nc3c(C)n(C)n(-c4ccccc4)c3=O)N(C)C2=O)cc1. The first-order valence-corrected chi connectivity index (χ1v) is 11.6. The van der Waals surface area contributed by atoms with Crippen LogP contribution in [0.5, 0.6) is 0 Å². The van der Waals surface area contributed by atoms with Gasteiger partial charge in [-0.15, -0.1) is 0 Å². The molecule has 0 spiro atoms. The number of aliphatic imine (C=N–C) groups is 1. The number of benzene rings is 2. The molecule has 0 bridgehead atoms. The van der Waals surface area contributed by atoms with Crippen LogP contribution in [0.1, 0.15) is 16.1 Å². The van der Waals surface area contributed by atoms with Gasteiger partial charge in [-0.05, 0) is 55.1 Å². The van der Waals surface area contributed by atoms with Crippen LogP contribution < -0.4 is 10.9 Å². The summed E-state index contributed by atoms with van der Waals surface area (Å²) < 4.78 is 7.86. The number of rotatable bonds is 5. The monoisotopic (exact) mass is 505 g/mol. The van der Waals surface area contributed by atoms with Gasteiger partial charge in [0.2, 0.25) is 5.91 Å². The van der Waals surface area contributed by atoms with Crippen LogP contribution in [-0.2, 0) is 21.4 Å². The van der Waals surface area contributed by atoms with Gasteiger partial charge in [-0.25, -0.2) is 14.5 Å². The summed E-state index contributed by atoms with van der Waals surface area (Å²) in [6.07, 6.45) is 1.18. The number of para-hydroxylation sites is 1. The zero-order valence-electron chi connectivity index (χ0n) is 20.0. The number of amides is 2. The lowest BCUT2D eigenvalue weighted by Crippen LogP contribution is -2.24. The van der Waals surface area contributed by atoms with Crippen molar-refractivity contribution in [2.75, 3.05) is 19.5 Å². The standard InChI is InChI=1S/C25H23N5O5S/c1-15-21(23(33)30(29(15)3)18-8-6-5-7-9-18)27-25-28(2)22(32)19(36-25)14-20(31)26-17-12-10-16(11-13-17)24(34)35-4/h5-14H,1-4H3,(H,26,31)/b19-14+,27-25?. The molecule has 36 heavy (non-hydrogen) atoms. The molecular weight excluding hydrogens is 482 g/mol. The Morgan fingerprint density at radius 2 is 1.69 bits per heavy atom. The minimum atomic E-state index is -0.520. The second-order valence-corrected chi connectivity index (χ2v) is 8.85. The van der Waals surface area contributed by atoms with E-state index in [1.807, 2.05) is 30.3 Å². The smallest absolute Gasteiger partial charge is 0.337 e. The van der Waals surface area contributed by atoms with Gasteiger partial charge in [0, 0.05) is 25.9 Å². The lowest BCUT2D eigenvalue weighted by atomic mass is 10.2. The Labute approximate surface area is 210 Å². The van der Waals surface area contributed by atoms with E-state index in [2.05, 4.69) is 15.0 Å². The van der Waals surface area contributed by atoms with Crippen LogP contribution in [0.2, 0.25) is 0 Å². The molecule has 184 valence electrons. The maximum atomic E-state index is 13.1. The Balaban J connectivity index is 1.56. The zero-order valence-corrected chi connectivity index (χ0v) is 20.8. The summed E-state index contributed by atoms with van der Waals surface area (Å²) in [5.74, 6) is -1.41. The molecule has 1 fully saturated rings. The van der Waals surface area contributed by atoms with Crippen molar-refractivity contribution in [3.63, 3.8) is 0 Å². The second kappa shape index (κ2) is 10.1. The molecule has 1 aromatic heterocycles. The minimum Gasteiger partial charge on any atom is -0.465 e. The van der Waals surface area contributed by atoms with Crippen molar-refractivity contribution >= 4 is 46.1 Å². The fraction of sp³-hybridized carbons (Fsp3) is 0.160. The number of likely N-dealkylation sites (N-methyl/N-ethyl adjacent to an activating group) is 1. The van der Waals surface area contributed by atoms with E-state index in [9.17, 15) is 19.2 Å². The summed E-state index contributed by atoms with van der Waals surface area (Å²) >= 11 is 1.01. The predicted molar refractivity (Wildman–Crippen MR) is 138 cm³/mol. The summed E-state index contributed by atoms with van der Waals surface area (Å²) in [5, 5.41) is 2.94. The van der Waals surface area contributed by atoms with Crippen molar-refractivity contribution in [1.82, 2.24) is 14.3 Å². The molecule has 0 saturated carbocycles.